The first-order valence-electron chi connectivity index (χ1n) is 6.25. The lowest BCUT2D eigenvalue weighted by Crippen LogP contribution is -2.11. The van der Waals surface area contributed by atoms with E-state index in [9.17, 15) is 0 Å². The summed E-state index contributed by atoms with van der Waals surface area (Å²) in [5.74, 6) is 1.40. The van der Waals surface area contributed by atoms with Crippen LogP contribution in [0.1, 0.15) is 18.9 Å². The third-order valence-electron chi connectivity index (χ3n) is 3.06. The molecule has 0 radical (unpaired) electrons. The van der Waals surface area contributed by atoms with Gasteiger partial charge in [0.15, 0.2) is 0 Å². The van der Waals surface area contributed by atoms with E-state index in [1.165, 1.54) is 0 Å². The second-order valence-corrected chi connectivity index (χ2v) is 4.70. The molecule has 1 N–H and O–H groups in total. The third-order valence-corrected chi connectivity index (χ3v) is 3.06. The Morgan fingerprint density at radius 2 is 2.22 bits per heavy atom. The van der Waals surface area contributed by atoms with E-state index < -0.39 is 0 Å². The second-order valence-electron chi connectivity index (χ2n) is 4.70. The van der Waals surface area contributed by atoms with Crippen molar-refractivity contribution in [1.82, 2.24) is 0 Å². The van der Waals surface area contributed by atoms with Crippen LogP contribution in [0.25, 0.3) is 0 Å². The van der Waals surface area contributed by atoms with Crippen LogP contribution in [0.3, 0.4) is 0 Å². The maximum atomic E-state index is 8.61. The van der Waals surface area contributed by atoms with Crippen molar-refractivity contribution in [2.24, 2.45) is 11.1 Å². The monoisotopic (exact) mass is 249 g/mol. The van der Waals surface area contributed by atoms with Gasteiger partial charge in [0.2, 0.25) is 0 Å². The molecule has 1 unspecified atom stereocenters. The fourth-order valence-electron chi connectivity index (χ4n) is 1.96. The topological polar surface area (TPSA) is 51.0 Å². The zero-order valence-electron chi connectivity index (χ0n) is 10.6. The molecule has 0 saturated carbocycles. The van der Waals surface area contributed by atoms with Crippen molar-refractivity contribution >= 4 is 5.71 Å². The van der Waals surface area contributed by atoms with Gasteiger partial charge in [-0.1, -0.05) is 17.3 Å². The predicted octanol–water partition coefficient (Wildman–Crippen LogP) is 2.49. The molecule has 0 aromatic heterocycles. The minimum Gasteiger partial charge on any atom is -0.493 e. The zero-order valence-corrected chi connectivity index (χ0v) is 10.6. The van der Waals surface area contributed by atoms with Gasteiger partial charge < -0.3 is 14.7 Å². The van der Waals surface area contributed by atoms with E-state index in [0.717, 1.165) is 37.6 Å². The third kappa shape index (κ3) is 3.74. The van der Waals surface area contributed by atoms with Crippen LogP contribution >= 0.6 is 0 Å². The van der Waals surface area contributed by atoms with Gasteiger partial charge in [0, 0.05) is 18.9 Å². The number of benzene rings is 1. The Hall–Kier alpha value is -1.55. The highest BCUT2D eigenvalue weighted by atomic mass is 16.5. The first-order chi connectivity index (χ1) is 8.78. The molecule has 1 atom stereocenters. The Morgan fingerprint density at radius 3 is 2.83 bits per heavy atom. The van der Waals surface area contributed by atoms with E-state index in [2.05, 4.69) is 5.16 Å². The van der Waals surface area contributed by atoms with Crippen molar-refractivity contribution in [2.75, 3.05) is 19.8 Å². The molecule has 2 rings (SSSR count). The summed E-state index contributed by atoms with van der Waals surface area (Å²) >= 11 is 0. The average Bonchev–Trinajstić information content (AvgIpc) is 2.91. The number of rotatable bonds is 5. The normalized spacial score (nSPS) is 20.1. The van der Waals surface area contributed by atoms with Crippen LogP contribution < -0.4 is 4.74 Å². The van der Waals surface area contributed by atoms with Gasteiger partial charge in [-0.3, -0.25) is 0 Å². The van der Waals surface area contributed by atoms with Gasteiger partial charge in [-0.2, -0.15) is 0 Å². The Bertz CT molecular complexity index is 394. The Labute approximate surface area is 107 Å². The molecule has 18 heavy (non-hydrogen) atoms. The summed E-state index contributed by atoms with van der Waals surface area (Å²) in [5.41, 5.74) is 1.81. The fourth-order valence-corrected chi connectivity index (χ4v) is 1.96. The van der Waals surface area contributed by atoms with Gasteiger partial charge in [0.25, 0.3) is 0 Å². The van der Waals surface area contributed by atoms with Gasteiger partial charge in [0.05, 0.1) is 18.9 Å². The molecule has 1 saturated heterocycles. The summed E-state index contributed by atoms with van der Waals surface area (Å²) in [4.78, 5) is 0. The smallest absolute Gasteiger partial charge is 0.119 e. The molecule has 0 bridgehead atoms. The molecule has 0 aliphatic carbocycles. The minimum atomic E-state index is 0.522. The standard InChI is InChI=1S/C14H19NO3/c1-11(15-16)8-12-2-4-14(5-3-12)18-10-13-6-7-17-9-13/h2-5,13,16H,6-10H2,1H3/b15-11-. The maximum Gasteiger partial charge on any atom is 0.119 e. The van der Waals surface area contributed by atoms with Crippen LogP contribution in [0.5, 0.6) is 5.75 Å². The molecule has 1 heterocycles. The van der Waals surface area contributed by atoms with Crippen LogP contribution in [-0.4, -0.2) is 30.7 Å². The molecule has 4 nitrogen and oxygen atoms in total. The van der Waals surface area contributed by atoms with E-state index in [4.69, 9.17) is 14.7 Å². The lowest BCUT2D eigenvalue weighted by molar-refractivity contribution is 0.167. The Morgan fingerprint density at radius 1 is 1.44 bits per heavy atom. The quantitative estimate of drug-likeness (QED) is 0.495. The van der Waals surface area contributed by atoms with Crippen molar-refractivity contribution in [3.05, 3.63) is 29.8 Å². The highest BCUT2D eigenvalue weighted by Gasteiger charge is 2.15. The summed E-state index contributed by atoms with van der Waals surface area (Å²) in [6.45, 7) is 4.18. The number of nitrogens with zero attached hydrogens (tertiary/aromatic N) is 1. The van der Waals surface area contributed by atoms with Crippen LogP contribution in [-0.2, 0) is 11.2 Å². The molecule has 98 valence electrons. The largest absolute Gasteiger partial charge is 0.493 e. The molecule has 1 fully saturated rings. The first kappa shape index (κ1) is 12.9. The number of hydrogen-bond acceptors (Lipinski definition) is 4. The highest BCUT2D eigenvalue weighted by molar-refractivity contribution is 5.83. The molecule has 4 heteroatoms. The average molecular weight is 249 g/mol. The molecule has 1 aromatic carbocycles. The van der Waals surface area contributed by atoms with E-state index >= 15 is 0 Å². The van der Waals surface area contributed by atoms with Gasteiger partial charge in [-0.15, -0.1) is 0 Å². The van der Waals surface area contributed by atoms with E-state index in [1.54, 1.807) is 6.92 Å². The van der Waals surface area contributed by atoms with E-state index in [1.807, 2.05) is 24.3 Å². The maximum absolute atomic E-state index is 8.61. The number of oxime groups is 1. The van der Waals surface area contributed by atoms with Gasteiger partial charge in [0.1, 0.15) is 5.75 Å². The number of hydrogen-bond donors (Lipinski definition) is 1. The second kappa shape index (κ2) is 6.40. The van der Waals surface area contributed by atoms with Crippen molar-refractivity contribution in [1.29, 1.82) is 0 Å². The lowest BCUT2D eigenvalue weighted by atomic mass is 10.1. The summed E-state index contributed by atoms with van der Waals surface area (Å²) in [6, 6.07) is 7.90. The first-order valence-corrected chi connectivity index (χ1v) is 6.25. The summed E-state index contributed by atoms with van der Waals surface area (Å²) in [6.07, 6.45) is 1.75. The lowest BCUT2D eigenvalue weighted by Gasteiger charge is -2.10. The van der Waals surface area contributed by atoms with E-state index in [-0.39, 0.29) is 0 Å². The minimum absolute atomic E-state index is 0.522. The van der Waals surface area contributed by atoms with Crippen molar-refractivity contribution in [3.63, 3.8) is 0 Å². The molecule has 1 aliphatic heterocycles. The van der Waals surface area contributed by atoms with Crippen molar-refractivity contribution in [2.45, 2.75) is 19.8 Å². The number of ether oxygens (including phenoxy) is 2. The van der Waals surface area contributed by atoms with Crippen molar-refractivity contribution in [3.8, 4) is 5.75 Å². The Kier molecular flexibility index (Phi) is 4.59. The summed E-state index contributed by atoms with van der Waals surface area (Å²) < 4.78 is 11.0. The molecule has 1 aliphatic rings. The SMILES string of the molecule is C/C(Cc1ccc(OCC2CCOC2)cc1)=N/O. The molecular formula is C14H19NO3. The van der Waals surface area contributed by atoms with Crippen LogP contribution in [0.15, 0.2) is 29.4 Å². The molecular weight excluding hydrogens is 230 g/mol. The predicted molar refractivity (Wildman–Crippen MR) is 69.5 cm³/mol. The molecule has 1 aromatic rings. The van der Waals surface area contributed by atoms with Crippen LogP contribution in [0.4, 0.5) is 0 Å². The molecule has 0 amide bonds. The van der Waals surface area contributed by atoms with Crippen molar-refractivity contribution < 1.29 is 14.7 Å². The van der Waals surface area contributed by atoms with Gasteiger partial charge in [-0.25, -0.2) is 0 Å². The summed E-state index contributed by atoms with van der Waals surface area (Å²) in [7, 11) is 0. The Balaban J connectivity index is 1.83. The van der Waals surface area contributed by atoms with E-state index in [0.29, 0.717) is 18.1 Å². The highest BCUT2D eigenvalue weighted by Crippen LogP contribution is 2.17. The van der Waals surface area contributed by atoms with Crippen LogP contribution in [0, 0.1) is 5.92 Å². The zero-order chi connectivity index (χ0) is 12.8. The molecule has 0 spiro atoms. The fraction of sp³-hybridized carbons (Fsp3) is 0.500. The van der Waals surface area contributed by atoms with Gasteiger partial charge >= 0.3 is 0 Å². The summed E-state index contributed by atoms with van der Waals surface area (Å²) in [5, 5.41) is 11.8. The van der Waals surface area contributed by atoms with Crippen LogP contribution in [0.2, 0.25) is 0 Å². The van der Waals surface area contributed by atoms with Gasteiger partial charge in [-0.05, 0) is 31.0 Å².